The van der Waals surface area contributed by atoms with Crippen molar-refractivity contribution in [3.8, 4) is 0 Å². The Morgan fingerprint density at radius 1 is 1.22 bits per heavy atom. The van der Waals surface area contributed by atoms with Crippen LogP contribution in [0, 0.1) is 40.4 Å². The fourth-order valence-corrected chi connectivity index (χ4v) is 8.57. The van der Waals surface area contributed by atoms with Gasteiger partial charge in [0.1, 0.15) is 6.10 Å². The third-order valence-electron chi connectivity index (χ3n) is 10.2. The van der Waals surface area contributed by atoms with Gasteiger partial charge in [-0.2, -0.15) is 0 Å². The molecule has 32 heavy (non-hydrogen) atoms. The lowest BCUT2D eigenvalue weighted by molar-refractivity contribution is -0.180. The van der Waals surface area contributed by atoms with Crippen molar-refractivity contribution in [2.45, 2.75) is 97.7 Å². The highest BCUT2D eigenvalue weighted by molar-refractivity contribution is 5.69. The zero-order valence-corrected chi connectivity index (χ0v) is 20.6. The molecular formula is C27H42O5. The number of ether oxygens (including phenoxy) is 2. The van der Waals surface area contributed by atoms with Gasteiger partial charge in [-0.15, -0.1) is 0 Å². The summed E-state index contributed by atoms with van der Waals surface area (Å²) < 4.78 is 11.0. The number of hydrogen-bond acceptors (Lipinski definition) is 5. The number of esters is 2. The van der Waals surface area contributed by atoms with Gasteiger partial charge in [0.2, 0.25) is 0 Å². The molecule has 0 heterocycles. The van der Waals surface area contributed by atoms with E-state index in [2.05, 4.69) is 26.8 Å². The maximum atomic E-state index is 12.2. The SMILES string of the molecule is COC(=O)CC[C@@H](C)[C@H]1CC[C@H]2[C@@H]3CC=C4C[C@@H](O)CC[C@]4(C)[C@H]3C[C@H](OC(C)=O)[C@]12C. The highest BCUT2D eigenvalue weighted by Crippen LogP contribution is 2.67. The maximum absolute atomic E-state index is 12.2. The summed E-state index contributed by atoms with van der Waals surface area (Å²) in [5.41, 5.74) is 1.48. The summed E-state index contributed by atoms with van der Waals surface area (Å²) in [6, 6.07) is 0. The number of rotatable bonds is 5. The van der Waals surface area contributed by atoms with Crippen LogP contribution in [0.5, 0.6) is 0 Å². The number of aliphatic hydroxyl groups is 1. The van der Waals surface area contributed by atoms with Crippen molar-refractivity contribution in [1.82, 2.24) is 0 Å². The molecule has 0 saturated heterocycles. The van der Waals surface area contributed by atoms with Gasteiger partial charge in [0.25, 0.3) is 0 Å². The van der Waals surface area contributed by atoms with Crippen LogP contribution in [0.25, 0.3) is 0 Å². The quantitative estimate of drug-likeness (QED) is 0.472. The smallest absolute Gasteiger partial charge is 0.305 e. The first kappa shape index (κ1) is 23.8. The van der Waals surface area contributed by atoms with Crippen LogP contribution in [0.2, 0.25) is 0 Å². The Morgan fingerprint density at radius 2 is 1.97 bits per heavy atom. The standard InChI is InChI=1S/C27H42O5/c1-16(6-11-25(30)31-5)21-9-10-22-20-8-7-18-14-19(29)12-13-26(18,3)23(20)15-24(27(21,22)4)32-17(2)28/h7,16,19-24,29H,6,8-15H2,1-5H3/t16-,19+,20+,21-,22+,23+,24+,26+,27-/m1/s1. The fourth-order valence-electron chi connectivity index (χ4n) is 8.57. The molecular weight excluding hydrogens is 404 g/mol. The molecule has 3 saturated carbocycles. The molecule has 0 aliphatic heterocycles. The minimum atomic E-state index is -0.212. The zero-order valence-electron chi connectivity index (χ0n) is 20.6. The number of carbonyl (C=O) groups excluding carboxylic acids is 2. The van der Waals surface area contributed by atoms with Gasteiger partial charge in [-0.05, 0) is 86.4 Å². The first-order valence-corrected chi connectivity index (χ1v) is 12.7. The molecule has 0 aromatic rings. The second kappa shape index (κ2) is 8.77. The van der Waals surface area contributed by atoms with Crippen molar-refractivity contribution in [2.24, 2.45) is 40.4 Å². The molecule has 0 unspecified atom stereocenters. The zero-order chi connectivity index (χ0) is 23.3. The molecule has 180 valence electrons. The summed E-state index contributed by atoms with van der Waals surface area (Å²) in [6.07, 6.45) is 10.4. The predicted octanol–water partition coefficient (Wildman–Crippen LogP) is 5.06. The van der Waals surface area contributed by atoms with E-state index >= 15 is 0 Å². The monoisotopic (exact) mass is 446 g/mol. The number of methoxy groups -OCH3 is 1. The lowest BCUT2D eigenvalue weighted by atomic mass is 9.46. The molecule has 0 amide bonds. The van der Waals surface area contributed by atoms with Crippen LogP contribution in [0.1, 0.15) is 85.5 Å². The summed E-state index contributed by atoms with van der Waals surface area (Å²) in [7, 11) is 1.45. The number of aliphatic hydroxyl groups excluding tert-OH is 1. The van der Waals surface area contributed by atoms with Crippen LogP contribution in [0.4, 0.5) is 0 Å². The number of allylic oxidation sites excluding steroid dienone is 1. The molecule has 4 rings (SSSR count). The second-order valence-electron chi connectivity index (χ2n) is 11.6. The van der Waals surface area contributed by atoms with E-state index < -0.39 is 0 Å². The molecule has 0 radical (unpaired) electrons. The average Bonchev–Trinajstić information content (AvgIpc) is 3.11. The van der Waals surface area contributed by atoms with Gasteiger partial charge in [0, 0.05) is 18.8 Å². The van der Waals surface area contributed by atoms with Gasteiger partial charge in [-0.25, -0.2) is 0 Å². The van der Waals surface area contributed by atoms with E-state index in [9.17, 15) is 14.7 Å². The van der Waals surface area contributed by atoms with Crippen LogP contribution in [0.15, 0.2) is 11.6 Å². The predicted molar refractivity (Wildman–Crippen MR) is 123 cm³/mol. The first-order chi connectivity index (χ1) is 15.1. The van der Waals surface area contributed by atoms with Gasteiger partial charge in [-0.3, -0.25) is 9.59 Å². The summed E-state index contributed by atoms with van der Waals surface area (Å²) in [4.78, 5) is 24.0. The lowest BCUT2D eigenvalue weighted by Gasteiger charge is -2.60. The van der Waals surface area contributed by atoms with Crippen LogP contribution in [-0.4, -0.2) is 36.4 Å². The highest BCUT2D eigenvalue weighted by Gasteiger charge is 2.63. The van der Waals surface area contributed by atoms with E-state index in [1.54, 1.807) is 6.92 Å². The maximum Gasteiger partial charge on any atom is 0.305 e. The van der Waals surface area contributed by atoms with E-state index in [1.165, 1.54) is 19.1 Å². The van der Waals surface area contributed by atoms with E-state index in [4.69, 9.17) is 9.47 Å². The van der Waals surface area contributed by atoms with Crippen molar-refractivity contribution in [1.29, 1.82) is 0 Å². The normalized spacial score (nSPS) is 43.9. The third-order valence-corrected chi connectivity index (χ3v) is 10.2. The molecule has 5 heteroatoms. The van der Waals surface area contributed by atoms with Crippen molar-refractivity contribution in [3.63, 3.8) is 0 Å². The van der Waals surface area contributed by atoms with Gasteiger partial charge < -0.3 is 14.6 Å². The van der Waals surface area contributed by atoms with Crippen LogP contribution >= 0.6 is 0 Å². The molecule has 3 fully saturated rings. The van der Waals surface area contributed by atoms with Crippen molar-refractivity contribution >= 4 is 11.9 Å². The Labute approximate surface area is 193 Å². The largest absolute Gasteiger partial charge is 0.469 e. The molecule has 4 aliphatic rings. The fraction of sp³-hybridized carbons (Fsp3) is 0.852. The molecule has 0 bridgehead atoms. The summed E-state index contributed by atoms with van der Waals surface area (Å²) in [6.45, 7) is 8.58. The Balaban J connectivity index is 1.64. The Morgan fingerprint density at radius 3 is 2.66 bits per heavy atom. The topological polar surface area (TPSA) is 72.8 Å². The number of carbonyl (C=O) groups is 2. The first-order valence-electron chi connectivity index (χ1n) is 12.7. The van der Waals surface area contributed by atoms with Gasteiger partial charge in [0.15, 0.2) is 0 Å². The van der Waals surface area contributed by atoms with Crippen molar-refractivity contribution in [3.05, 3.63) is 11.6 Å². The Bertz CT molecular complexity index is 774. The Kier molecular flexibility index (Phi) is 6.52. The van der Waals surface area contributed by atoms with Gasteiger partial charge in [-0.1, -0.05) is 32.4 Å². The van der Waals surface area contributed by atoms with E-state index in [0.717, 1.165) is 44.9 Å². The third kappa shape index (κ3) is 3.82. The number of fused-ring (bicyclic) bond motifs is 5. The van der Waals surface area contributed by atoms with Crippen LogP contribution in [-0.2, 0) is 19.1 Å². The van der Waals surface area contributed by atoms with E-state index in [0.29, 0.717) is 36.0 Å². The summed E-state index contributed by atoms with van der Waals surface area (Å²) >= 11 is 0. The molecule has 9 atom stereocenters. The molecule has 0 spiro atoms. The molecule has 0 aromatic carbocycles. The molecule has 5 nitrogen and oxygen atoms in total. The summed E-state index contributed by atoms with van der Waals surface area (Å²) in [5, 5.41) is 10.3. The molecule has 4 aliphatic carbocycles. The van der Waals surface area contributed by atoms with Crippen molar-refractivity contribution in [2.75, 3.05) is 7.11 Å². The lowest BCUT2D eigenvalue weighted by Crippen LogP contribution is -2.57. The number of hydrogen-bond donors (Lipinski definition) is 1. The Hall–Kier alpha value is -1.36. The van der Waals surface area contributed by atoms with Crippen molar-refractivity contribution < 1.29 is 24.2 Å². The van der Waals surface area contributed by atoms with Gasteiger partial charge in [0.05, 0.1) is 13.2 Å². The average molecular weight is 447 g/mol. The second-order valence-corrected chi connectivity index (χ2v) is 11.6. The van der Waals surface area contributed by atoms with Crippen LogP contribution < -0.4 is 0 Å². The van der Waals surface area contributed by atoms with Gasteiger partial charge >= 0.3 is 11.9 Å². The van der Waals surface area contributed by atoms with Crippen LogP contribution in [0.3, 0.4) is 0 Å². The van der Waals surface area contributed by atoms with E-state index in [-0.39, 0.29) is 35.0 Å². The minimum Gasteiger partial charge on any atom is -0.469 e. The highest BCUT2D eigenvalue weighted by atomic mass is 16.5. The molecule has 1 N–H and O–H groups in total. The van der Waals surface area contributed by atoms with E-state index in [1.807, 2.05) is 0 Å². The molecule has 0 aromatic heterocycles. The summed E-state index contributed by atoms with van der Waals surface area (Å²) in [5.74, 6) is 2.13. The minimum absolute atomic E-state index is 0.0573.